The molecule has 1 N–H and O–H groups in total. The number of H-pyrrole nitrogens is 1. The van der Waals surface area contributed by atoms with Gasteiger partial charge in [0.15, 0.2) is 0 Å². The molecule has 2 aliphatic heterocycles. The maximum absolute atomic E-state index is 13.8. The summed E-state index contributed by atoms with van der Waals surface area (Å²) in [5.74, 6) is -0.718. The van der Waals surface area contributed by atoms with Gasteiger partial charge in [-0.25, -0.2) is 4.68 Å². The topological polar surface area (TPSA) is 81.7 Å². The Balaban J connectivity index is 1.98. The number of rotatable bonds is 5. The highest BCUT2D eigenvalue weighted by Gasteiger charge is 2.45. The molecule has 0 radical (unpaired) electrons. The smallest absolute Gasteiger partial charge is 0.278 e. The number of imide groups is 1. The summed E-state index contributed by atoms with van der Waals surface area (Å²) in [4.78, 5) is 46.8. The third-order valence-corrected chi connectivity index (χ3v) is 6.62. The van der Waals surface area contributed by atoms with Crippen molar-refractivity contribution in [2.45, 2.75) is 53.1 Å². The Kier molecular flexibility index (Phi) is 6.29. The maximum Gasteiger partial charge on any atom is 0.278 e. The van der Waals surface area contributed by atoms with Crippen molar-refractivity contribution < 1.29 is 9.59 Å². The number of amides is 2. The van der Waals surface area contributed by atoms with Crippen molar-refractivity contribution in [2.24, 2.45) is 0 Å². The zero-order valence-corrected chi connectivity index (χ0v) is 21.0. The molecule has 0 atom stereocenters. The molecule has 0 aliphatic carbocycles. The molecule has 1 aromatic heterocycles. The molecule has 34 heavy (non-hydrogen) atoms. The van der Waals surface area contributed by atoms with Crippen LogP contribution < -0.4 is 5.56 Å². The average molecular weight is 466 g/mol. The molecule has 1 saturated heterocycles. The highest BCUT2D eigenvalue weighted by molar-refractivity contribution is 6.36. The molecule has 3 heterocycles. The number of benzene rings is 1. The Morgan fingerprint density at radius 1 is 0.941 bits per heavy atom. The molecule has 0 bridgehead atoms. The first kappa shape index (κ1) is 24.0. The second-order valence-corrected chi connectivity index (χ2v) is 10.3. The van der Waals surface area contributed by atoms with Crippen LogP contribution in [0.3, 0.4) is 0 Å². The minimum absolute atomic E-state index is 0.215. The van der Waals surface area contributed by atoms with Crippen LogP contribution in [0.4, 0.5) is 0 Å². The molecule has 8 nitrogen and oxygen atoms in total. The van der Waals surface area contributed by atoms with Crippen molar-refractivity contribution in [3.63, 3.8) is 0 Å². The van der Waals surface area contributed by atoms with Crippen molar-refractivity contribution >= 4 is 17.4 Å². The summed E-state index contributed by atoms with van der Waals surface area (Å²) in [6.07, 6.45) is 0. The lowest BCUT2D eigenvalue weighted by molar-refractivity contribution is -0.139. The summed E-state index contributed by atoms with van der Waals surface area (Å²) < 4.78 is 1.56. The Morgan fingerprint density at radius 2 is 1.56 bits per heavy atom. The standard InChI is InChI=1S/C26H35N5O3/c1-7-28-13-15-29(16-14-28)22-20(23(32)30(17(2)3)25(22)34)19-21(18-11-9-8-10-12-18)27-31(24(19)33)26(4,5)6/h8-12,17,27H,7,13-16H2,1-6H3. The molecular weight excluding hydrogens is 430 g/mol. The minimum atomic E-state index is -0.532. The summed E-state index contributed by atoms with van der Waals surface area (Å²) in [6.45, 7) is 15.4. The molecule has 2 aliphatic rings. The van der Waals surface area contributed by atoms with Gasteiger partial charge in [-0.15, -0.1) is 0 Å². The van der Waals surface area contributed by atoms with E-state index in [9.17, 15) is 14.4 Å². The first-order chi connectivity index (χ1) is 16.1. The minimum Gasteiger partial charge on any atom is -0.364 e. The van der Waals surface area contributed by atoms with E-state index in [4.69, 9.17) is 0 Å². The number of aromatic nitrogens is 2. The quantitative estimate of drug-likeness (QED) is 0.687. The fraction of sp³-hybridized carbons (Fsp3) is 0.500. The number of nitrogens with zero attached hydrogens (tertiary/aromatic N) is 4. The fourth-order valence-corrected chi connectivity index (χ4v) is 4.77. The number of hydrogen-bond donors (Lipinski definition) is 1. The normalized spacial score (nSPS) is 18.1. The molecule has 4 rings (SSSR count). The van der Waals surface area contributed by atoms with E-state index in [0.29, 0.717) is 24.5 Å². The average Bonchev–Trinajstić information content (AvgIpc) is 3.27. The predicted octanol–water partition coefficient (Wildman–Crippen LogP) is 2.72. The highest BCUT2D eigenvalue weighted by atomic mass is 16.2. The van der Waals surface area contributed by atoms with Crippen LogP contribution in [0.2, 0.25) is 0 Å². The van der Waals surface area contributed by atoms with Crippen molar-refractivity contribution in [2.75, 3.05) is 32.7 Å². The van der Waals surface area contributed by atoms with E-state index in [-0.39, 0.29) is 28.6 Å². The van der Waals surface area contributed by atoms with Gasteiger partial charge >= 0.3 is 0 Å². The van der Waals surface area contributed by atoms with E-state index in [1.165, 1.54) is 4.90 Å². The largest absolute Gasteiger partial charge is 0.364 e. The van der Waals surface area contributed by atoms with Gasteiger partial charge in [0.25, 0.3) is 17.4 Å². The number of carbonyl (C=O) groups is 2. The van der Waals surface area contributed by atoms with Crippen LogP contribution >= 0.6 is 0 Å². The second kappa shape index (κ2) is 8.91. The first-order valence-electron chi connectivity index (χ1n) is 12.1. The van der Waals surface area contributed by atoms with Gasteiger partial charge in [-0.3, -0.25) is 24.4 Å². The lowest BCUT2D eigenvalue weighted by Crippen LogP contribution is -2.47. The van der Waals surface area contributed by atoms with E-state index in [2.05, 4.69) is 16.9 Å². The third-order valence-electron chi connectivity index (χ3n) is 6.62. The first-order valence-corrected chi connectivity index (χ1v) is 12.1. The lowest BCUT2D eigenvalue weighted by atomic mass is 9.99. The van der Waals surface area contributed by atoms with Crippen LogP contribution in [0.25, 0.3) is 16.8 Å². The highest BCUT2D eigenvalue weighted by Crippen LogP contribution is 2.36. The van der Waals surface area contributed by atoms with Gasteiger partial charge in [0.2, 0.25) is 0 Å². The summed E-state index contributed by atoms with van der Waals surface area (Å²) >= 11 is 0. The van der Waals surface area contributed by atoms with Crippen LogP contribution in [0.1, 0.15) is 47.1 Å². The third kappa shape index (κ3) is 4.00. The Hall–Kier alpha value is -3.13. The number of nitrogens with one attached hydrogen (secondary N) is 1. The molecule has 0 unspecified atom stereocenters. The molecule has 0 spiro atoms. The van der Waals surface area contributed by atoms with Gasteiger partial charge < -0.3 is 9.80 Å². The zero-order chi connectivity index (χ0) is 24.8. The molecule has 8 heteroatoms. The van der Waals surface area contributed by atoms with Gasteiger partial charge in [-0.05, 0) is 41.2 Å². The number of aromatic amines is 1. The van der Waals surface area contributed by atoms with Crippen molar-refractivity contribution in [3.05, 3.63) is 51.9 Å². The van der Waals surface area contributed by atoms with Crippen LogP contribution in [-0.2, 0) is 15.1 Å². The summed E-state index contributed by atoms with van der Waals surface area (Å²) in [5, 5.41) is 3.26. The second-order valence-electron chi connectivity index (χ2n) is 10.3. The molecule has 2 amide bonds. The van der Waals surface area contributed by atoms with Gasteiger partial charge in [0, 0.05) is 37.8 Å². The Labute approximate surface area is 200 Å². The number of likely N-dealkylation sites (N-methyl/N-ethyl adjacent to an activating group) is 1. The fourth-order valence-electron chi connectivity index (χ4n) is 4.77. The van der Waals surface area contributed by atoms with Gasteiger partial charge in [0.1, 0.15) is 5.70 Å². The van der Waals surface area contributed by atoms with Crippen molar-refractivity contribution in [3.8, 4) is 11.3 Å². The predicted molar refractivity (Wildman–Crippen MR) is 133 cm³/mol. The molecule has 1 aromatic carbocycles. The molecule has 1 fully saturated rings. The van der Waals surface area contributed by atoms with Crippen LogP contribution in [-0.4, -0.2) is 75.1 Å². The van der Waals surface area contributed by atoms with E-state index < -0.39 is 11.4 Å². The monoisotopic (exact) mass is 465 g/mol. The molecule has 0 saturated carbocycles. The van der Waals surface area contributed by atoms with Gasteiger partial charge in [0.05, 0.1) is 22.4 Å². The number of hydrogen-bond acceptors (Lipinski definition) is 5. The van der Waals surface area contributed by atoms with Crippen molar-refractivity contribution in [1.29, 1.82) is 0 Å². The van der Waals surface area contributed by atoms with E-state index >= 15 is 0 Å². The SMILES string of the molecule is CCN1CCN(C2=C(c3c(-c4ccccc4)[nH]n(C(C)(C)C)c3=O)C(=O)N(C(C)C)C2=O)CC1. The summed E-state index contributed by atoms with van der Waals surface area (Å²) in [5.41, 5.74) is 1.37. The summed E-state index contributed by atoms with van der Waals surface area (Å²) in [6, 6.07) is 9.20. The number of carbonyl (C=O) groups excluding carboxylic acids is 2. The van der Waals surface area contributed by atoms with Gasteiger partial charge in [-0.1, -0.05) is 37.3 Å². The lowest BCUT2D eigenvalue weighted by Gasteiger charge is -2.36. The van der Waals surface area contributed by atoms with E-state index in [1.807, 2.05) is 69.9 Å². The van der Waals surface area contributed by atoms with Crippen LogP contribution in [0, 0.1) is 0 Å². The zero-order valence-electron chi connectivity index (χ0n) is 21.0. The summed E-state index contributed by atoms with van der Waals surface area (Å²) in [7, 11) is 0. The molecular formula is C26H35N5O3. The number of piperazine rings is 1. The van der Waals surface area contributed by atoms with E-state index in [1.54, 1.807) is 4.68 Å². The Morgan fingerprint density at radius 3 is 2.09 bits per heavy atom. The molecule has 2 aromatic rings. The Bertz CT molecular complexity index is 1180. The van der Waals surface area contributed by atoms with Crippen LogP contribution in [0.15, 0.2) is 40.8 Å². The maximum atomic E-state index is 13.8. The van der Waals surface area contributed by atoms with Crippen molar-refractivity contribution in [1.82, 2.24) is 24.5 Å². The van der Waals surface area contributed by atoms with E-state index in [0.717, 1.165) is 25.2 Å². The molecule has 182 valence electrons. The van der Waals surface area contributed by atoms with Crippen LogP contribution in [0.5, 0.6) is 0 Å². The van der Waals surface area contributed by atoms with Gasteiger partial charge in [-0.2, -0.15) is 0 Å².